The Bertz CT molecular complexity index is 1620. The van der Waals surface area contributed by atoms with Crippen LogP contribution in [0.1, 0.15) is 11.1 Å². The number of imidazole rings is 1. The first-order valence-corrected chi connectivity index (χ1v) is 11.0. The van der Waals surface area contributed by atoms with Crippen LogP contribution in [0.2, 0.25) is 0 Å². The molecule has 0 radical (unpaired) electrons. The molecular weight excluding hydrogens is 484 g/mol. The van der Waals surface area contributed by atoms with E-state index < -0.39 is 11.2 Å². The molecule has 0 saturated carbocycles. The van der Waals surface area contributed by atoms with Crippen molar-refractivity contribution in [3.8, 4) is 0 Å². The molecule has 3 aromatic carbocycles. The number of hydrazone groups is 1. The van der Waals surface area contributed by atoms with Crippen LogP contribution in [-0.4, -0.2) is 25.3 Å². The fourth-order valence-electron chi connectivity index (χ4n) is 3.79. The molecule has 9 heteroatoms. The normalized spacial score (nSPS) is 11.6. The van der Waals surface area contributed by atoms with Crippen molar-refractivity contribution in [3.63, 3.8) is 0 Å². The lowest BCUT2D eigenvalue weighted by Crippen LogP contribution is -2.29. The Hall–Kier alpha value is -3.98. The van der Waals surface area contributed by atoms with Gasteiger partial charge in [0.25, 0.3) is 5.56 Å². The first kappa shape index (κ1) is 20.9. The van der Waals surface area contributed by atoms with E-state index in [1.165, 1.54) is 4.57 Å². The number of hydrogen-bond donors (Lipinski definition) is 2. The molecule has 5 rings (SSSR count). The highest BCUT2D eigenvalue weighted by molar-refractivity contribution is 9.10. The predicted octanol–water partition coefficient (Wildman–Crippen LogP) is 3.83. The smallest absolute Gasteiger partial charge is 0.298 e. The number of aryl methyl sites for hydroxylation is 1. The number of hydrogen-bond acceptors (Lipinski definition) is 5. The molecule has 0 aliphatic heterocycles. The van der Waals surface area contributed by atoms with Gasteiger partial charge < -0.3 is 0 Å². The molecule has 0 unspecified atom stereocenters. The number of H-pyrrole nitrogens is 1. The van der Waals surface area contributed by atoms with Crippen molar-refractivity contribution in [2.24, 2.45) is 12.1 Å². The quantitative estimate of drug-likeness (QED) is 0.282. The van der Waals surface area contributed by atoms with Gasteiger partial charge in [0.1, 0.15) is 0 Å². The van der Waals surface area contributed by atoms with E-state index in [1.54, 1.807) is 17.8 Å². The number of fused-ring (bicyclic) bond motifs is 2. The molecule has 0 spiro atoms. The van der Waals surface area contributed by atoms with E-state index in [2.05, 4.69) is 36.4 Å². The molecule has 2 aromatic heterocycles. The zero-order valence-electron chi connectivity index (χ0n) is 17.6. The average Bonchev–Trinajstić information content (AvgIpc) is 3.18. The first-order valence-electron chi connectivity index (χ1n) is 10.2. The SMILES string of the molecule is Cn1c(=O)[nH]c(=O)c2c1nc(N/N=C/c1ccc(Br)cc1)n2Cc1cccc2ccccc12. The Morgan fingerprint density at radius 2 is 1.82 bits per heavy atom. The lowest BCUT2D eigenvalue weighted by Gasteiger charge is -2.11. The molecule has 0 aliphatic rings. The summed E-state index contributed by atoms with van der Waals surface area (Å²) in [5.74, 6) is 0.359. The Kier molecular flexibility index (Phi) is 5.39. The van der Waals surface area contributed by atoms with Gasteiger partial charge in [0.2, 0.25) is 5.95 Å². The maximum Gasteiger partial charge on any atom is 0.329 e. The standard InChI is InChI=1S/C24H19BrN6O2/c1-30-21-20(22(32)28-24(30)33)31(14-17-7-4-6-16-5-2-3-8-19(16)17)23(27-21)29-26-13-15-9-11-18(25)12-10-15/h2-13H,14H2,1H3,(H,27,29)(H,28,32,33)/b26-13+. The van der Waals surface area contributed by atoms with Crippen LogP contribution in [0, 0.1) is 0 Å². The van der Waals surface area contributed by atoms with Crippen molar-refractivity contribution in [3.05, 3.63) is 103 Å². The lowest BCUT2D eigenvalue weighted by molar-refractivity contribution is 0.811. The van der Waals surface area contributed by atoms with Crippen LogP contribution < -0.4 is 16.7 Å². The molecule has 0 saturated heterocycles. The minimum absolute atomic E-state index is 0.283. The Morgan fingerprint density at radius 1 is 1.06 bits per heavy atom. The largest absolute Gasteiger partial charge is 0.329 e. The fraction of sp³-hybridized carbons (Fsp3) is 0.0833. The van der Waals surface area contributed by atoms with Crippen LogP contribution in [0.25, 0.3) is 21.9 Å². The Labute approximate surface area is 196 Å². The van der Waals surface area contributed by atoms with Crippen LogP contribution in [0.5, 0.6) is 0 Å². The van der Waals surface area contributed by atoms with Gasteiger partial charge in [-0.2, -0.15) is 10.1 Å². The van der Waals surface area contributed by atoms with Crippen LogP contribution >= 0.6 is 15.9 Å². The van der Waals surface area contributed by atoms with Crippen molar-refractivity contribution >= 4 is 50.0 Å². The van der Waals surface area contributed by atoms with E-state index >= 15 is 0 Å². The van der Waals surface area contributed by atoms with Crippen molar-refractivity contribution in [2.75, 3.05) is 5.43 Å². The predicted molar refractivity (Wildman–Crippen MR) is 134 cm³/mol. The van der Waals surface area contributed by atoms with Crippen LogP contribution in [0.15, 0.2) is 85.9 Å². The molecule has 2 heterocycles. The molecule has 5 aromatic rings. The summed E-state index contributed by atoms with van der Waals surface area (Å²) in [4.78, 5) is 31.8. The minimum atomic E-state index is -0.521. The average molecular weight is 503 g/mol. The summed E-state index contributed by atoms with van der Waals surface area (Å²) < 4.78 is 4.04. The van der Waals surface area contributed by atoms with Gasteiger partial charge in [-0.1, -0.05) is 70.5 Å². The number of aromatic nitrogens is 4. The number of benzene rings is 3. The monoisotopic (exact) mass is 502 g/mol. The van der Waals surface area contributed by atoms with E-state index in [-0.39, 0.29) is 5.65 Å². The fourth-order valence-corrected chi connectivity index (χ4v) is 4.05. The van der Waals surface area contributed by atoms with Crippen molar-refractivity contribution in [1.82, 2.24) is 19.1 Å². The van der Waals surface area contributed by atoms with Gasteiger partial charge >= 0.3 is 5.69 Å². The number of nitrogens with one attached hydrogen (secondary N) is 2. The molecule has 0 amide bonds. The second kappa shape index (κ2) is 8.51. The van der Waals surface area contributed by atoms with Crippen molar-refractivity contribution in [1.29, 1.82) is 0 Å². The van der Waals surface area contributed by atoms with Crippen LogP contribution in [0.3, 0.4) is 0 Å². The molecule has 164 valence electrons. The molecule has 0 aliphatic carbocycles. The van der Waals surface area contributed by atoms with Gasteiger partial charge in [-0.25, -0.2) is 10.2 Å². The Balaban J connectivity index is 1.62. The van der Waals surface area contributed by atoms with Gasteiger partial charge in [0.05, 0.1) is 12.8 Å². The molecule has 0 atom stereocenters. The van der Waals surface area contributed by atoms with E-state index in [1.807, 2.05) is 66.7 Å². The van der Waals surface area contributed by atoms with E-state index in [0.29, 0.717) is 18.0 Å². The van der Waals surface area contributed by atoms with Gasteiger partial charge in [-0.15, -0.1) is 0 Å². The highest BCUT2D eigenvalue weighted by atomic mass is 79.9. The molecule has 8 nitrogen and oxygen atoms in total. The van der Waals surface area contributed by atoms with Gasteiger partial charge in [-0.3, -0.25) is 18.9 Å². The van der Waals surface area contributed by atoms with Gasteiger partial charge in [0, 0.05) is 11.5 Å². The second-order valence-electron chi connectivity index (χ2n) is 7.57. The van der Waals surface area contributed by atoms with Gasteiger partial charge in [-0.05, 0) is 34.0 Å². The lowest BCUT2D eigenvalue weighted by atomic mass is 10.0. The third-order valence-electron chi connectivity index (χ3n) is 5.46. The summed E-state index contributed by atoms with van der Waals surface area (Å²) in [6.45, 7) is 0.370. The molecule has 2 N–H and O–H groups in total. The van der Waals surface area contributed by atoms with Crippen molar-refractivity contribution in [2.45, 2.75) is 6.54 Å². The minimum Gasteiger partial charge on any atom is -0.298 e. The molecule has 33 heavy (non-hydrogen) atoms. The molecule has 0 fully saturated rings. The third kappa shape index (κ3) is 3.98. The summed E-state index contributed by atoms with van der Waals surface area (Å²) in [7, 11) is 1.57. The van der Waals surface area contributed by atoms with E-state index in [4.69, 9.17) is 0 Å². The van der Waals surface area contributed by atoms with Crippen LogP contribution in [-0.2, 0) is 13.6 Å². The number of nitrogens with zero attached hydrogens (tertiary/aromatic N) is 4. The summed E-state index contributed by atoms with van der Waals surface area (Å²) in [6, 6.07) is 21.8. The highest BCUT2D eigenvalue weighted by Gasteiger charge is 2.18. The molecular formula is C24H19BrN6O2. The zero-order chi connectivity index (χ0) is 22.9. The summed E-state index contributed by atoms with van der Waals surface area (Å²) >= 11 is 3.41. The Morgan fingerprint density at radius 3 is 2.64 bits per heavy atom. The molecule has 0 bridgehead atoms. The summed E-state index contributed by atoms with van der Waals surface area (Å²) in [5, 5.41) is 6.49. The maximum absolute atomic E-state index is 12.8. The number of halogens is 1. The van der Waals surface area contributed by atoms with Crippen molar-refractivity contribution < 1.29 is 0 Å². The topological polar surface area (TPSA) is 97.1 Å². The van der Waals surface area contributed by atoms with E-state index in [0.717, 1.165) is 26.4 Å². The van der Waals surface area contributed by atoms with Gasteiger partial charge in [0.15, 0.2) is 11.2 Å². The number of anilines is 1. The second-order valence-corrected chi connectivity index (χ2v) is 8.49. The zero-order valence-corrected chi connectivity index (χ0v) is 19.2. The first-order chi connectivity index (χ1) is 16.0. The highest BCUT2D eigenvalue weighted by Crippen LogP contribution is 2.23. The maximum atomic E-state index is 12.8. The number of aromatic amines is 1. The third-order valence-corrected chi connectivity index (χ3v) is 5.99. The van der Waals surface area contributed by atoms with E-state index in [9.17, 15) is 9.59 Å². The summed E-state index contributed by atoms with van der Waals surface area (Å²) in [5.41, 5.74) is 4.42. The van der Waals surface area contributed by atoms with Crippen LogP contribution in [0.4, 0.5) is 5.95 Å². The summed E-state index contributed by atoms with van der Waals surface area (Å²) in [6.07, 6.45) is 1.66. The number of rotatable bonds is 5.